The maximum absolute atomic E-state index is 9.49. The summed E-state index contributed by atoms with van der Waals surface area (Å²) in [6, 6.07) is 0. The Bertz CT molecular complexity index is 168. The molecule has 3 N–H and O–H groups in total. The van der Waals surface area contributed by atoms with Crippen molar-refractivity contribution >= 4 is 0 Å². The molecule has 3 unspecified atom stereocenters. The highest BCUT2D eigenvalue weighted by Gasteiger charge is 2.47. The summed E-state index contributed by atoms with van der Waals surface area (Å²) in [4.78, 5) is 0. The summed E-state index contributed by atoms with van der Waals surface area (Å²) in [5.74, 6) is -0.266. The zero-order valence-electron chi connectivity index (χ0n) is 6.76. The van der Waals surface area contributed by atoms with E-state index < -0.39 is 18.5 Å². The molecule has 4 heteroatoms. The van der Waals surface area contributed by atoms with Crippen molar-refractivity contribution in [3.8, 4) is 0 Å². The van der Waals surface area contributed by atoms with Crippen LogP contribution in [0.15, 0.2) is 0 Å². The van der Waals surface area contributed by atoms with Gasteiger partial charge in [0.1, 0.15) is 0 Å². The van der Waals surface area contributed by atoms with Gasteiger partial charge >= 0.3 is 0 Å². The van der Waals surface area contributed by atoms with E-state index in [1.807, 2.05) is 0 Å². The molecular weight excluding hydrogens is 160 g/mol. The van der Waals surface area contributed by atoms with Crippen molar-refractivity contribution in [2.45, 2.75) is 31.3 Å². The molecule has 0 bridgehead atoms. The number of aliphatic hydroxyl groups excluding tert-OH is 3. The van der Waals surface area contributed by atoms with E-state index in [2.05, 4.69) is 0 Å². The first kappa shape index (κ1) is 8.44. The van der Waals surface area contributed by atoms with Gasteiger partial charge in [-0.2, -0.15) is 0 Å². The first-order chi connectivity index (χ1) is 5.70. The fourth-order valence-electron chi connectivity index (χ4n) is 2.34. The van der Waals surface area contributed by atoms with Crippen LogP contribution in [0.4, 0.5) is 0 Å². The van der Waals surface area contributed by atoms with Crippen molar-refractivity contribution in [3.05, 3.63) is 0 Å². The molecule has 1 heterocycles. The molecule has 70 valence electrons. The largest absolute Gasteiger partial charge is 0.393 e. The van der Waals surface area contributed by atoms with Crippen LogP contribution in [0.5, 0.6) is 0 Å². The van der Waals surface area contributed by atoms with Gasteiger partial charge in [0, 0.05) is 5.92 Å². The lowest BCUT2D eigenvalue weighted by atomic mass is 9.88. The molecule has 0 aromatic carbocycles. The van der Waals surface area contributed by atoms with Crippen LogP contribution in [0.3, 0.4) is 0 Å². The van der Waals surface area contributed by atoms with Crippen molar-refractivity contribution in [1.29, 1.82) is 0 Å². The van der Waals surface area contributed by atoms with Crippen LogP contribution in [-0.2, 0) is 4.74 Å². The molecule has 1 saturated carbocycles. The highest BCUT2D eigenvalue weighted by molar-refractivity contribution is 4.93. The Balaban J connectivity index is 2.13. The Hall–Kier alpha value is -0.160. The molecule has 0 amide bonds. The molecule has 0 spiro atoms. The van der Waals surface area contributed by atoms with Crippen molar-refractivity contribution in [2.24, 2.45) is 11.8 Å². The zero-order chi connectivity index (χ0) is 8.72. The molecule has 2 rings (SSSR count). The monoisotopic (exact) mass is 174 g/mol. The van der Waals surface area contributed by atoms with Crippen LogP contribution >= 0.6 is 0 Å². The third-order valence-electron chi connectivity index (χ3n) is 2.98. The van der Waals surface area contributed by atoms with Gasteiger partial charge in [0.2, 0.25) is 0 Å². The van der Waals surface area contributed by atoms with E-state index in [1.165, 1.54) is 0 Å². The van der Waals surface area contributed by atoms with Crippen molar-refractivity contribution in [1.82, 2.24) is 0 Å². The minimum absolute atomic E-state index is 0.0174. The van der Waals surface area contributed by atoms with Gasteiger partial charge in [0.25, 0.3) is 0 Å². The lowest BCUT2D eigenvalue weighted by Gasteiger charge is -2.32. The second-order valence-corrected chi connectivity index (χ2v) is 3.66. The SMILES string of the molecule is OC1OCCC2C1[C@@H](O)C[C@H]2O. The number of hydrogen-bond donors (Lipinski definition) is 3. The van der Waals surface area contributed by atoms with Crippen molar-refractivity contribution in [2.75, 3.05) is 6.61 Å². The summed E-state index contributed by atoms with van der Waals surface area (Å²) in [7, 11) is 0. The van der Waals surface area contributed by atoms with Gasteiger partial charge in [0.15, 0.2) is 6.29 Å². The van der Waals surface area contributed by atoms with E-state index in [1.54, 1.807) is 0 Å². The topological polar surface area (TPSA) is 69.9 Å². The summed E-state index contributed by atoms with van der Waals surface area (Å²) < 4.78 is 4.99. The number of rotatable bonds is 0. The van der Waals surface area contributed by atoms with Crippen LogP contribution in [0, 0.1) is 11.8 Å². The molecule has 5 atom stereocenters. The molecule has 2 fully saturated rings. The van der Waals surface area contributed by atoms with Gasteiger partial charge in [0.05, 0.1) is 18.8 Å². The van der Waals surface area contributed by atoms with E-state index in [4.69, 9.17) is 4.74 Å². The van der Waals surface area contributed by atoms with Crippen LogP contribution in [-0.4, -0.2) is 40.4 Å². The van der Waals surface area contributed by atoms with E-state index in [0.717, 1.165) is 6.42 Å². The number of fused-ring (bicyclic) bond motifs is 1. The second-order valence-electron chi connectivity index (χ2n) is 3.66. The molecule has 2 aliphatic rings. The number of ether oxygens (including phenoxy) is 1. The van der Waals surface area contributed by atoms with Crippen LogP contribution in [0.1, 0.15) is 12.8 Å². The minimum Gasteiger partial charge on any atom is -0.393 e. The highest BCUT2D eigenvalue weighted by Crippen LogP contribution is 2.39. The second kappa shape index (κ2) is 2.96. The predicted molar refractivity (Wildman–Crippen MR) is 40.2 cm³/mol. The smallest absolute Gasteiger partial charge is 0.160 e. The summed E-state index contributed by atoms with van der Waals surface area (Å²) in [6.07, 6.45) is -0.866. The van der Waals surface area contributed by atoms with Gasteiger partial charge < -0.3 is 20.1 Å². The maximum Gasteiger partial charge on any atom is 0.160 e. The van der Waals surface area contributed by atoms with E-state index in [0.29, 0.717) is 13.0 Å². The van der Waals surface area contributed by atoms with Gasteiger partial charge in [-0.1, -0.05) is 0 Å². The van der Waals surface area contributed by atoms with Crippen molar-refractivity contribution < 1.29 is 20.1 Å². The molecule has 0 aromatic rings. The van der Waals surface area contributed by atoms with Crippen LogP contribution in [0.2, 0.25) is 0 Å². The van der Waals surface area contributed by atoms with Crippen molar-refractivity contribution in [3.63, 3.8) is 0 Å². The van der Waals surface area contributed by atoms with E-state index in [-0.39, 0.29) is 11.8 Å². The fraction of sp³-hybridized carbons (Fsp3) is 1.00. The molecule has 0 radical (unpaired) electrons. The molecule has 0 aromatic heterocycles. The average molecular weight is 174 g/mol. The molecule has 1 aliphatic heterocycles. The third-order valence-corrected chi connectivity index (χ3v) is 2.98. The lowest BCUT2D eigenvalue weighted by molar-refractivity contribution is -0.192. The molecule has 12 heavy (non-hydrogen) atoms. The van der Waals surface area contributed by atoms with Gasteiger partial charge in [-0.05, 0) is 18.8 Å². The van der Waals surface area contributed by atoms with Crippen LogP contribution in [0.25, 0.3) is 0 Å². The van der Waals surface area contributed by atoms with Gasteiger partial charge in [-0.15, -0.1) is 0 Å². The highest BCUT2D eigenvalue weighted by atomic mass is 16.6. The third kappa shape index (κ3) is 1.15. The predicted octanol–water partition coefficient (Wildman–Crippen LogP) is -0.917. The number of hydrogen-bond acceptors (Lipinski definition) is 4. The summed E-state index contributed by atoms with van der Waals surface area (Å²) in [6.45, 7) is 0.478. The first-order valence-electron chi connectivity index (χ1n) is 4.36. The molecular formula is C8H14O4. The average Bonchev–Trinajstić information content (AvgIpc) is 2.29. The summed E-state index contributed by atoms with van der Waals surface area (Å²) in [5, 5.41) is 28.3. The molecule has 1 saturated heterocycles. The maximum atomic E-state index is 9.49. The zero-order valence-corrected chi connectivity index (χ0v) is 6.76. The quantitative estimate of drug-likeness (QED) is 0.444. The Morgan fingerprint density at radius 3 is 2.50 bits per heavy atom. The fourth-order valence-corrected chi connectivity index (χ4v) is 2.34. The Morgan fingerprint density at radius 1 is 1.08 bits per heavy atom. The van der Waals surface area contributed by atoms with Gasteiger partial charge in [-0.25, -0.2) is 0 Å². The Kier molecular flexibility index (Phi) is 2.08. The first-order valence-corrected chi connectivity index (χ1v) is 4.36. The standard InChI is InChI=1S/C8H14O4/c9-5-3-6(10)7-4(5)1-2-12-8(7)11/h4-11H,1-3H2/t4?,5-,6+,7?,8?/m1/s1. The number of aliphatic hydroxyl groups is 3. The van der Waals surface area contributed by atoms with Crippen LogP contribution < -0.4 is 0 Å². The lowest BCUT2D eigenvalue weighted by Crippen LogP contribution is -2.40. The summed E-state index contributed by atoms with van der Waals surface area (Å²) >= 11 is 0. The Labute approximate surface area is 70.8 Å². The van der Waals surface area contributed by atoms with E-state index >= 15 is 0 Å². The van der Waals surface area contributed by atoms with Gasteiger partial charge in [-0.3, -0.25) is 0 Å². The molecule has 1 aliphatic carbocycles. The summed E-state index contributed by atoms with van der Waals surface area (Å²) in [5.41, 5.74) is 0. The normalized spacial score (nSPS) is 53.8. The van der Waals surface area contributed by atoms with E-state index in [9.17, 15) is 15.3 Å². The minimum atomic E-state index is -0.893. The molecule has 4 nitrogen and oxygen atoms in total. The Morgan fingerprint density at radius 2 is 1.83 bits per heavy atom.